The first-order valence-corrected chi connectivity index (χ1v) is 5.71. The van der Waals surface area contributed by atoms with Gasteiger partial charge < -0.3 is 10.0 Å². The Kier molecular flexibility index (Phi) is 4.83. The summed E-state index contributed by atoms with van der Waals surface area (Å²) in [5.41, 5.74) is 0.760. The molecule has 0 unspecified atom stereocenters. The molecule has 86 valence electrons. The first-order chi connectivity index (χ1) is 7.49. The minimum absolute atomic E-state index is 0.0923. The molecule has 0 atom stereocenters. The van der Waals surface area contributed by atoms with Crippen LogP contribution in [0.3, 0.4) is 0 Å². The molecule has 0 fully saturated rings. The van der Waals surface area contributed by atoms with Gasteiger partial charge in [-0.3, -0.25) is 4.79 Å². The molecule has 16 heavy (non-hydrogen) atoms. The van der Waals surface area contributed by atoms with Gasteiger partial charge in [-0.05, 0) is 18.2 Å². The van der Waals surface area contributed by atoms with E-state index in [-0.39, 0.29) is 6.54 Å². The summed E-state index contributed by atoms with van der Waals surface area (Å²) in [4.78, 5) is 12.4. The number of hydrogen-bond acceptors (Lipinski definition) is 2. The van der Waals surface area contributed by atoms with Crippen molar-refractivity contribution in [3.63, 3.8) is 0 Å². The quantitative estimate of drug-likeness (QED) is 0.908. The van der Waals surface area contributed by atoms with Gasteiger partial charge in [-0.1, -0.05) is 40.2 Å². The number of benzene rings is 1. The van der Waals surface area contributed by atoms with Crippen LogP contribution in [-0.2, 0) is 4.79 Å². The molecule has 0 heterocycles. The van der Waals surface area contributed by atoms with Crippen molar-refractivity contribution in [1.82, 2.24) is 0 Å². The van der Waals surface area contributed by atoms with Gasteiger partial charge in [-0.15, -0.1) is 0 Å². The largest absolute Gasteiger partial charge is 0.480 e. The molecular formula is C11H11BrClNO2. The van der Waals surface area contributed by atoms with Crippen LogP contribution in [0.25, 0.3) is 0 Å². The first kappa shape index (κ1) is 13.1. The third-order valence-electron chi connectivity index (χ3n) is 1.86. The van der Waals surface area contributed by atoms with Gasteiger partial charge in [0.25, 0.3) is 0 Å². The Morgan fingerprint density at radius 2 is 2.19 bits per heavy atom. The summed E-state index contributed by atoms with van der Waals surface area (Å²) in [7, 11) is 0. The average Bonchev–Trinajstić information content (AvgIpc) is 2.15. The molecule has 0 saturated heterocycles. The van der Waals surface area contributed by atoms with Crippen LogP contribution < -0.4 is 4.90 Å². The highest BCUT2D eigenvalue weighted by Crippen LogP contribution is 2.20. The highest BCUT2D eigenvalue weighted by Gasteiger charge is 2.11. The van der Waals surface area contributed by atoms with Crippen LogP contribution in [0.5, 0.6) is 0 Å². The van der Waals surface area contributed by atoms with Crippen LogP contribution in [0.2, 0.25) is 5.02 Å². The van der Waals surface area contributed by atoms with Gasteiger partial charge in [-0.25, -0.2) is 0 Å². The van der Waals surface area contributed by atoms with Crippen LogP contribution in [0.15, 0.2) is 35.3 Å². The maximum absolute atomic E-state index is 10.7. The summed E-state index contributed by atoms with van der Waals surface area (Å²) in [5.74, 6) is -0.895. The normalized spacial score (nSPS) is 9.88. The molecule has 0 aliphatic rings. The molecule has 0 bridgehead atoms. The van der Waals surface area contributed by atoms with E-state index >= 15 is 0 Å². The van der Waals surface area contributed by atoms with E-state index in [0.29, 0.717) is 16.0 Å². The zero-order chi connectivity index (χ0) is 12.1. The third-order valence-corrected chi connectivity index (χ3v) is 2.35. The van der Waals surface area contributed by atoms with Crippen LogP contribution >= 0.6 is 27.5 Å². The SMILES string of the molecule is C=C(Br)CN(CC(=O)O)c1cccc(Cl)c1. The van der Waals surface area contributed by atoms with Crippen molar-refractivity contribution in [3.05, 3.63) is 40.3 Å². The monoisotopic (exact) mass is 303 g/mol. The van der Waals surface area contributed by atoms with Gasteiger partial charge in [0.15, 0.2) is 0 Å². The van der Waals surface area contributed by atoms with Crippen LogP contribution in [0.1, 0.15) is 0 Å². The lowest BCUT2D eigenvalue weighted by molar-refractivity contribution is -0.135. The summed E-state index contributed by atoms with van der Waals surface area (Å²) in [5, 5.41) is 9.38. The molecule has 0 saturated carbocycles. The highest BCUT2D eigenvalue weighted by molar-refractivity contribution is 9.11. The van der Waals surface area contributed by atoms with E-state index in [2.05, 4.69) is 22.5 Å². The van der Waals surface area contributed by atoms with Gasteiger partial charge in [0.1, 0.15) is 6.54 Å². The first-order valence-electron chi connectivity index (χ1n) is 4.54. The van der Waals surface area contributed by atoms with Gasteiger partial charge in [-0.2, -0.15) is 0 Å². The molecule has 1 N–H and O–H groups in total. The van der Waals surface area contributed by atoms with Crippen LogP contribution in [-0.4, -0.2) is 24.2 Å². The van der Waals surface area contributed by atoms with Gasteiger partial charge in [0.2, 0.25) is 0 Å². The maximum Gasteiger partial charge on any atom is 0.323 e. The number of halogens is 2. The minimum atomic E-state index is -0.895. The van der Waals surface area contributed by atoms with Crippen molar-refractivity contribution < 1.29 is 9.90 Å². The Labute approximate surface area is 107 Å². The number of carbonyl (C=O) groups is 1. The number of carboxylic acids is 1. The Morgan fingerprint density at radius 3 is 2.69 bits per heavy atom. The van der Waals surface area contributed by atoms with Gasteiger partial charge in [0.05, 0.1) is 0 Å². The molecular weight excluding hydrogens is 293 g/mol. The maximum atomic E-state index is 10.7. The van der Waals surface area contributed by atoms with Crippen LogP contribution in [0, 0.1) is 0 Å². The van der Waals surface area contributed by atoms with E-state index in [9.17, 15) is 4.79 Å². The fourth-order valence-corrected chi connectivity index (χ4v) is 1.77. The number of nitrogens with zero attached hydrogens (tertiary/aromatic N) is 1. The third kappa shape index (κ3) is 4.24. The van der Waals surface area contributed by atoms with Gasteiger partial charge in [0, 0.05) is 21.7 Å². The van der Waals surface area contributed by atoms with E-state index in [1.54, 1.807) is 23.1 Å². The van der Waals surface area contributed by atoms with Crippen molar-refractivity contribution in [2.45, 2.75) is 0 Å². The molecule has 1 rings (SSSR count). The van der Waals surface area contributed by atoms with Crippen molar-refractivity contribution >= 4 is 39.2 Å². The molecule has 0 spiro atoms. The van der Waals surface area contributed by atoms with E-state index in [1.165, 1.54) is 0 Å². The van der Waals surface area contributed by atoms with Crippen LogP contribution in [0.4, 0.5) is 5.69 Å². The lowest BCUT2D eigenvalue weighted by Crippen LogP contribution is -2.30. The number of anilines is 1. The smallest absolute Gasteiger partial charge is 0.323 e. The predicted octanol–water partition coefficient (Wildman–Crippen LogP) is 3.14. The molecule has 0 aliphatic carbocycles. The molecule has 0 amide bonds. The Bertz CT molecular complexity index is 393. The molecule has 0 aliphatic heterocycles. The van der Waals surface area contributed by atoms with Crippen molar-refractivity contribution in [2.75, 3.05) is 18.0 Å². The number of carboxylic acid groups (broad SMARTS) is 1. The fourth-order valence-electron chi connectivity index (χ4n) is 1.28. The summed E-state index contributed by atoms with van der Waals surface area (Å²) in [6.07, 6.45) is 0. The second-order valence-corrected chi connectivity index (χ2v) is 4.80. The van der Waals surface area contributed by atoms with Crippen molar-refractivity contribution in [1.29, 1.82) is 0 Å². The summed E-state index contributed by atoms with van der Waals surface area (Å²) in [6.45, 7) is 4.03. The number of hydrogen-bond donors (Lipinski definition) is 1. The van der Waals surface area contributed by atoms with Crippen molar-refractivity contribution in [3.8, 4) is 0 Å². The zero-order valence-corrected chi connectivity index (χ0v) is 10.8. The highest BCUT2D eigenvalue weighted by atomic mass is 79.9. The fraction of sp³-hybridized carbons (Fsp3) is 0.182. The predicted molar refractivity (Wildman–Crippen MR) is 69.4 cm³/mol. The molecule has 1 aromatic carbocycles. The second-order valence-electron chi connectivity index (χ2n) is 3.25. The molecule has 0 radical (unpaired) electrons. The summed E-state index contributed by atoms with van der Waals surface area (Å²) < 4.78 is 0.716. The lowest BCUT2D eigenvalue weighted by atomic mass is 10.3. The standard InChI is InChI=1S/C11H11BrClNO2/c1-8(12)6-14(7-11(15)16)10-4-2-3-9(13)5-10/h2-5H,1,6-7H2,(H,15,16). The average molecular weight is 305 g/mol. The Morgan fingerprint density at radius 1 is 1.50 bits per heavy atom. The molecule has 3 nitrogen and oxygen atoms in total. The van der Waals surface area contributed by atoms with E-state index < -0.39 is 5.97 Å². The molecule has 5 heteroatoms. The topological polar surface area (TPSA) is 40.5 Å². The lowest BCUT2D eigenvalue weighted by Gasteiger charge is -2.22. The second kappa shape index (κ2) is 5.92. The summed E-state index contributed by atoms with van der Waals surface area (Å²) in [6, 6.07) is 7.06. The molecule has 1 aromatic rings. The van der Waals surface area contributed by atoms with E-state index in [4.69, 9.17) is 16.7 Å². The zero-order valence-electron chi connectivity index (χ0n) is 8.49. The Hall–Kier alpha value is -1.00. The van der Waals surface area contributed by atoms with Crippen molar-refractivity contribution in [2.24, 2.45) is 0 Å². The minimum Gasteiger partial charge on any atom is -0.480 e. The van der Waals surface area contributed by atoms with E-state index in [0.717, 1.165) is 5.69 Å². The summed E-state index contributed by atoms with van der Waals surface area (Å²) >= 11 is 9.07. The van der Waals surface area contributed by atoms with Gasteiger partial charge >= 0.3 is 5.97 Å². The number of aliphatic carboxylic acids is 1. The Balaban J connectivity index is 2.90. The molecule has 0 aromatic heterocycles. The van der Waals surface area contributed by atoms with E-state index in [1.807, 2.05) is 6.07 Å². The number of rotatable bonds is 5.